The molecule has 6 heteroatoms. The van der Waals surface area contributed by atoms with Crippen LogP contribution < -0.4 is 15.8 Å². The summed E-state index contributed by atoms with van der Waals surface area (Å²) in [5.41, 5.74) is 8.65. The first-order valence-electron chi connectivity index (χ1n) is 9.86. The molecule has 0 bridgehead atoms. The summed E-state index contributed by atoms with van der Waals surface area (Å²) in [5, 5.41) is 5.18. The van der Waals surface area contributed by atoms with E-state index in [4.69, 9.17) is 10.5 Å². The number of nitrogens with one attached hydrogen (secondary N) is 1. The van der Waals surface area contributed by atoms with Crippen molar-refractivity contribution in [2.75, 3.05) is 5.32 Å². The number of primary amides is 1. The number of ether oxygens (including phenoxy) is 1. The van der Waals surface area contributed by atoms with Gasteiger partial charge in [0.05, 0.1) is 0 Å². The average molecular weight is 401 g/mol. The largest absolute Gasteiger partial charge is 0.481 e. The summed E-state index contributed by atoms with van der Waals surface area (Å²) in [6.07, 6.45) is -0.711. The highest BCUT2D eigenvalue weighted by atomic mass is 16.5. The van der Waals surface area contributed by atoms with Gasteiger partial charge in [-0.3, -0.25) is 9.59 Å². The molecular weight excluding hydrogens is 378 g/mol. The summed E-state index contributed by atoms with van der Waals surface area (Å²) in [4.78, 5) is 23.8. The van der Waals surface area contributed by atoms with Crippen LogP contribution in [0.3, 0.4) is 0 Å². The minimum absolute atomic E-state index is 0.257. The average Bonchev–Trinajstić information content (AvgIpc) is 3.07. The molecule has 4 rings (SSSR count). The Balaban J connectivity index is 1.53. The summed E-state index contributed by atoms with van der Waals surface area (Å²) in [6.45, 7) is 4.67. The quantitative estimate of drug-likeness (QED) is 0.504. The van der Waals surface area contributed by atoms with Gasteiger partial charge in [-0.25, -0.2) is 0 Å². The van der Waals surface area contributed by atoms with Crippen molar-refractivity contribution < 1.29 is 14.3 Å². The van der Waals surface area contributed by atoms with Crippen molar-refractivity contribution in [1.82, 2.24) is 4.57 Å². The SMILES string of the molecule is CCn1c2ccccc2c2cc(NC(=O)[C@@H](C)Oc3ccc(C(N)=O)cc3)ccc21. The lowest BCUT2D eigenvalue weighted by atomic mass is 10.1. The smallest absolute Gasteiger partial charge is 0.265 e. The molecule has 1 aromatic heterocycles. The Bertz CT molecular complexity index is 1240. The monoisotopic (exact) mass is 401 g/mol. The highest BCUT2D eigenvalue weighted by Gasteiger charge is 2.16. The molecule has 0 spiro atoms. The van der Waals surface area contributed by atoms with Crippen molar-refractivity contribution in [2.45, 2.75) is 26.5 Å². The van der Waals surface area contributed by atoms with Crippen LogP contribution in [0, 0.1) is 0 Å². The van der Waals surface area contributed by atoms with Gasteiger partial charge in [0.1, 0.15) is 5.75 Å². The molecular formula is C24H23N3O3. The van der Waals surface area contributed by atoms with Crippen LogP contribution in [0.1, 0.15) is 24.2 Å². The van der Waals surface area contributed by atoms with Gasteiger partial charge in [0.15, 0.2) is 6.10 Å². The van der Waals surface area contributed by atoms with Gasteiger partial charge in [0, 0.05) is 39.6 Å². The van der Waals surface area contributed by atoms with Gasteiger partial charge in [0.25, 0.3) is 5.91 Å². The third-order valence-corrected chi connectivity index (χ3v) is 5.18. The minimum Gasteiger partial charge on any atom is -0.481 e. The lowest BCUT2D eigenvalue weighted by Gasteiger charge is -2.15. The summed E-state index contributed by atoms with van der Waals surface area (Å²) < 4.78 is 7.96. The number of hydrogen-bond acceptors (Lipinski definition) is 3. The summed E-state index contributed by atoms with van der Waals surface area (Å²) in [5.74, 6) is -0.274. The second-order valence-electron chi connectivity index (χ2n) is 7.13. The molecule has 4 aromatic rings. The van der Waals surface area contributed by atoms with Crippen molar-refractivity contribution in [1.29, 1.82) is 0 Å². The van der Waals surface area contributed by atoms with E-state index in [0.29, 0.717) is 17.0 Å². The number of para-hydroxylation sites is 1. The van der Waals surface area contributed by atoms with E-state index in [9.17, 15) is 9.59 Å². The molecule has 0 aliphatic heterocycles. The van der Waals surface area contributed by atoms with E-state index in [1.165, 1.54) is 5.52 Å². The molecule has 1 heterocycles. The van der Waals surface area contributed by atoms with Crippen molar-refractivity contribution in [3.05, 3.63) is 72.3 Å². The number of carbonyl (C=O) groups excluding carboxylic acids is 2. The molecule has 1 atom stereocenters. The third-order valence-electron chi connectivity index (χ3n) is 5.18. The van der Waals surface area contributed by atoms with Crippen LogP contribution in [0.5, 0.6) is 5.75 Å². The van der Waals surface area contributed by atoms with Gasteiger partial charge in [-0.1, -0.05) is 18.2 Å². The lowest BCUT2D eigenvalue weighted by Crippen LogP contribution is -2.30. The van der Waals surface area contributed by atoms with Gasteiger partial charge in [-0.15, -0.1) is 0 Å². The molecule has 0 unspecified atom stereocenters. The molecule has 0 aliphatic rings. The molecule has 0 saturated carbocycles. The standard InChI is InChI=1S/C24H23N3O3/c1-3-27-21-7-5-4-6-19(21)20-14-17(10-13-22(20)27)26-24(29)15(2)30-18-11-8-16(9-12-18)23(25)28/h4-15H,3H2,1-2H3,(H2,25,28)(H,26,29)/t15-/m1/s1. The van der Waals surface area contributed by atoms with Crippen molar-refractivity contribution >= 4 is 39.3 Å². The van der Waals surface area contributed by atoms with E-state index in [1.807, 2.05) is 30.3 Å². The predicted octanol–water partition coefficient (Wildman–Crippen LogP) is 4.32. The van der Waals surface area contributed by atoms with Gasteiger partial charge >= 0.3 is 0 Å². The van der Waals surface area contributed by atoms with Gasteiger partial charge in [-0.2, -0.15) is 0 Å². The van der Waals surface area contributed by atoms with Crippen molar-refractivity contribution in [2.24, 2.45) is 5.73 Å². The number of benzene rings is 3. The Kier molecular flexibility index (Phi) is 5.14. The Morgan fingerprint density at radius 3 is 2.40 bits per heavy atom. The number of nitrogens with two attached hydrogens (primary N) is 1. The van der Waals surface area contributed by atoms with Crippen LogP contribution in [-0.2, 0) is 11.3 Å². The number of carbonyl (C=O) groups is 2. The first-order valence-corrected chi connectivity index (χ1v) is 9.86. The van der Waals surface area contributed by atoms with E-state index >= 15 is 0 Å². The Morgan fingerprint density at radius 2 is 1.70 bits per heavy atom. The van der Waals surface area contributed by atoms with Crippen LogP contribution in [0.4, 0.5) is 5.69 Å². The predicted molar refractivity (Wildman–Crippen MR) is 119 cm³/mol. The van der Waals surface area contributed by atoms with E-state index in [0.717, 1.165) is 22.8 Å². The summed E-state index contributed by atoms with van der Waals surface area (Å²) in [7, 11) is 0. The normalized spacial score (nSPS) is 12.1. The minimum atomic E-state index is -0.711. The highest BCUT2D eigenvalue weighted by Crippen LogP contribution is 2.31. The first-order chi connectivity index (χ1) is 14.5. The fourth-order valence-electron chi connectivity index (χ4n) is 3.67. The topological polar surface area (TPSA) is 86.3 Å². The molecule has 3 N–H and O–H groups in total. The number of rotatable bonds is 6. The number of hydrogen-bond donors (Lipinski definition) is 2. The van der Waals surface area contributed by atoms with Crippen LogP contribution in [0.2, 0.25) is 0 Å². The molecule has 6 nitrogen and oxygen atoms in total. The van der Waals surface area contributed by atoms with Crippen LogP contribution in [0.25, 0.3) is 21.8 Å². The zero-order valence-corrected chi connectivity index (χ0v) is 16.9. The second-order valence-corrected chi connectivity index (χ2v) is 7.13. The number of aromatic nitrogens is 1. The maximum Gasteiger partial charge on any atom is 0.265 e. The Hall–Kier alpha value is -3.80. The lowest BCUT2D eigenvalue weighted by molar-refractivity contribution is -0.122. The fraction of sp³-hybridized carbons (Fsp3) is 0.167. The molecule has 0 radical (unpaired) electrons. The maximum atomic E-state index is 12.6. The van der Waals surface area contributed by atoms with Crippen LogP contribution >= 0.6 is 0 Å². The molecule has 3 aromatic carbocycles. The van der Waals surface area contributed by atoms with E-state index in [2.05, 4.69) is 28.9 Å². The first kappa shape index (κ1) is 19.5. The van der Waals surface area contributed by atoms with Crippen molar-refractivity contribution in [3.63, 3.8) is 0 Å². The number of fused-ring (bicyclic) bond motifs is 3. The Morgan fingerprint density at radius 1 is 1.00 bits per heavy atom. The maximum absolute atomic E-state index is 12.6. The van der Waals surface area contributed by atoms with E-state index in [-0.39, 0.29) is 5.91 Å². The summed E-state index contributed by atoms with van der Waals surface area (Å²) in [6, 6.07) is 20.6. The Labute approximate surface area is 174 Å². The third kappa shape index (κ3) is 3.59. The second kappa shape index (κ2) is 7.91. The molecule has 0 aliphatic carbocycles. The van der Waals surface area contributed by atoms with E-state index in [1.54, 1.807) is 31.2 Å². The number of nitrogens with zero attached hydrogens (tertiary/aromatic N) is 1. The van der Waals surface area contributed by atoms with Crippen LogP contribution in [0.15, 0.2) is 66.7 Å². The zero-order chi connectivity index (χ0) is 21.3. The molecule has 0 fully saturated rings. The fourth-order valence-corrected chi connectivity index (χ4v) is 3.67. The van der Waals surface area contributed by atoms with Crippen molar-refractivity contribution in [3.8, 4) is 5.75 Å². The van der Waals surface area contributed by atoms with Gasteiger partial charge in [-0.05, 0) is 62.4 Å². The molecule has 0 saturated heterocycles. The van der Waals surface area contributed by atoms with Crippen LogP contribution in [-0.4, -0.2) is 22.5 Å². The van der Waals surface area contributed by atoms with Gasteiger partial charge < -0.3 is 20.4 Å². The molecule has 152 valence electrons. The number of anilines is 1. The number of aryl methyl sites for hydroxylation is 1. The molecule has 2 amide bonds. The molecule has 30 heavy (non-hydrogen) atoms. The number of amides is 2. The summed E-state index contributed by atoms with van der Waals surface area (Å²) >= 11 is 0. The van der Waals surface area contributed by atoms with E-state index < -0.39 is 12.0 Å². The zero-order valence-electron chi connectivity index (χ0n) is 16.9. The highest BCUT2D eigenvalue weighted by molar-refractivity contribution is 6.10. The van der Waals surface area contributed by atoms with Gasteiger partial charge in [0.2, 0.25) is 5.91 Å².